The van der Waals surface area contributed by atoms with Gasteiger partial charge in [-0.2, -0.15) is 0 Å². The third kappa shape index (κ3) is 4.79. The standard InChI is InChI=1S/C23H17N5O8/c1-2-35-19-12-14(10-17-22(29)25-26(23(17)30)15-6-4-3-5-7-15)11-18(28(33)34)21(19)36-20-9-8-16(13-24-20)27(31)32/h3-13H,2H2,1H3,(H,25,29). The Kier molecular flexibility index (Phi) is 6.54. The summed E-state index contributed by atoms with van der Waals surface area (Å²) in [6.45, 7) is 1.76. The average molecular weight is 491 g/mol. The van der Waals surface area contributed by atoms with E-state index < -0.39 is 27.3 Å². The molecule has 3 aromatic rings. The van der Waals surface area contributed by atoms with E-state index in [4.69, 9.17) is 9.47 Å². The SMILES string of the molecule is CCOc1cc(C=C2C(=O)NN(c3ccccc3)C2=O)cc([N+](=O)[O-])c1Oc1ccc([N+](=O)[O-])cn1. The van der Waals surface area contributed by atoms with Gasteiger partial charge >= 0.3 is 5.69 Å². The Morgan fingerprint density at radius 2 is 1.81 bits per heavy atom. The first kappa shape index (κ1) is 23.8. The van der Waals surface area contributed by atoms with E-state index in [1.165, 1.54) is 18.2 Å². The van der Waals surface area contributed by atoms with Gasteiger partial charge in [-0.15, -0.1) is 0 Å². The van der Waals surface area contributed by atoms with Gasteiger partial charge in [0, 0.05) is 18.2 Å². The first-order chi connectivity index (χ1) is 17.3. The second kappa shape index (κ2) is 9.89. The monoisotopic (exact) mass is 491 g/mol. The second-order valence-corrected chi connectivity index (χ2v) is 7.25. The predicted molar refractivity (Wildman–Crippen MR) is 125 cm³/mol. The molecule has 2 aromatic carbocycles. The van der Waals surface area contributed by atoms with Crippen LogP contribution in [0.1, 0.15) is 12.5 Å². The van der Waals surface area contributed by atoms with E-state index in [-0.39, 0.29) is 40.8 Å². The Hall–Kier alpha value is -5.33. The van der Waals surface area contributed by atoms with Crippen LogP contribution < -0.4 is 19.9 Å². The van der Waals surface area contributed by atoms with Crippen LogP contribution in [-0.4, -0.2) is 33.3 Å². The number of benzene rings is 2. The Balaban J connectivity index is 1.73. The molecule has 36 heavy (non-hydrogen) atoms. The zero-order chi connectivity index (χ0) is 25.8. The van der Waals surface area contributed by atoms with E-state index in [0.29, 0.717) is 5.69 Å². The van der Waals surface area contributed by atoms with Crippen LogP contribution in [0.15, 0.2) is 66.4 Å². The highest BCUT2D eigenvalue weighted by molar-refractivity contribution is 6.31. The summed E-state index contributed by atoms with van der Waals surface area (Å²) in [5.41, 5.74) is 1.99. The molecule has 2 heterocycles. The largest absolute Gasteiger partial charge is 0.490 e. The highest BCUT2D eigenvalue weighted by Crippen LogP contribution is 2.41. The molecule has 1 aliphatic heterocycles. The van der Waals surface area contributed by atoms with Crippen LogP contribution in [0.25, 0.3) is 6.08 Å². The molecule has 1 aromatic heterocycles. The summed E-state index contributed by atoms with van der Waals surface area (Å²) in [6.07, 6.45) is 2.16. The number of nitro benzene ring substituents is 1. The number of rotatable bonds is 8. The van der Waals surface area contributed by atoms with E-state index in [9.17, 15) is 29.8 Å². The molecule has 0 radical (unpaired) electrons. The number of pyridine rings is 1. The first-order valence-electron chi connectivity index (χ1n) is 10.4. The number of carbonyl (C=O) groups is 2. The predicted octanol–water partition coefficient (Wildman–Crippen LogP) is 3.55. The molecule has 0 bridgehead atoms. The molecule has 0 spiro atoms. The van der Waals surface area contributed by atoms with E-state index in [1.807, 2.05) is 0 Å². The fourth-order valence-electron chi connectivity index (χ4n) is 3.32. The van der Waals surface area contributed by atoms with Gasteiger partial charge in [0.15, 0.2) is 5.75 Å². The zero-order valence-electron chi connectivity index (χ0n) is 18.6. The number of hydrazine groups is 1. The van der Waals surface area contributed by atoms with Crippen LogP contribution in [0, 0.1) is 20.2 Å². The summed E-state index contributed by atoms with van der Waals surface area (Å²) in [7, 11) is 0. The molecule has 0 saturated carbocycles. The summed E-state index contributed by atoms with van der Waals surface area (Å²) in [4.78, 5) is 50.5. The van der Waals surface area contributed by atoms with Gasteiger partial charge in [0.25, 0.3) is 17.5 Å². The topological polar surface area (TPSA) is 167 Å². The minimum absolute atomic E-state index is 0.0514. The molecule has 13 nitrogen and oxygen atoms in total. The lowest BCUT2D eigenvalue weighted by Crippen LogP contribution is -2.35. The van der Waals surface area contributed by atoms with Crippen molar-refractivity contribution >= 4 is 35.0 Å². The molecule has 13 heteroatoms. The fourth-order valence-corrected chi connectivity index (χ4v) is 3.32. The second-order valence-electron chi connectivity index (χ2n) is 7.25. The summed E-state index contributed by atoms with van der Waals surface area (Å²) < 4.78 is 11.1. The Bertz CT molecular complexity index is 1390. The van der Waals surface area contributed by atoms with Crippen molar-refractivity contribution in [3.8, 4) is 17.4 Å². The quantitative estimate of drug-likeness (QED) is 0.214. The Labute approximate surface area is 202 Å². The Morgan fingerprint density at radius 3 is 2.42 bits per heavy atom. The maximum Gasteiger partial charge on any atom is 0.316 e. The number of nitrogens with zero attached hydrogens (tertiary/aromatic N) is 4. The number of aromatic nitrogens is 1. The normalized spacial score (nSPS) is 14.0. The molecule has 0 atom stereocenters. The number of hydrogen-bond acceptors (Lipinski definition) is 9. The van der Waals surface area contributed by atoms with Crippen molar-refractivity contribution < 1.29 is 28.9 Å². The first-order valence-corrected chi connectivity index (χ1v) is 10.4. The van der Waals surface area contributed by atoms with E-state index in [2.05, 4.69) is 10.4 Å². The molecular formula is C23H17N5O8. The molecule has 182 valence electrons. The molecule has 4 rings (SSSR count). The molecule has 1 N–H and O–H groups in total. The molecule has 2 amide bonds. The lowest BCUT2D eigenvalue weighted by atomic mass is 10.1. The van der Waals surface area contributed by atoms with Gasteiger partial charge < -0.3 is 9.47 Å². The molecule has 0 unspecified atom stereocenters. The summed E-state index contributed by atoms with van der Waals surface area (Å²) >= 11 is 0. The lowest BCUT2D eigenvalue weighted by Gasteiger charge is -2.14. The minimum atomic E-state index is -0.724. The van der Waals surface area contributed by atoms with Crippen LogP contribution in [0.5, 0.6) is 17.4 Å². The van der Waals surface area contributed by atoms with E-state index >= 15 is 0 Å². The van der Waals surface area contributed by atoms with E-state index in [0.717, 1.165) is 23.3 Å². The number of para-hydroxylation sites is 1. The molecule has 0 aliphatic carbocycles. The fraction of sp³-hybridized carbons (Fsp3) is 0.0870. The Morgan fingerprint density at radius 1 is 1.06 bits per heavy atom. The van der Waals surface area contributed by atoms with Crippen LogP contribution in [0.3, 0.4) is 0 Å². The third-order valence-electron chi connectivity index (χ3n) is 4.91. The third-order valence-corrected chi connectivity index (χ3v) is 4.91. The highest BCUT2D eigenvalue weighted by Gasteiger charge is 2.35. The van der Waals surface area contributed by atoms with Crippen molar-refractivity contribution in [3.05, 3.63) is 92.2 Å². The van der Waals surface area contributed by atoms with Crippen molar-refractivity contribution in [1.82, 2.24) is 10.4 Å². The van der Waals surface area contributed by atoms with Gasteiger partial charge in [0.1, 0.15) is 11.8 Å². The average Bonchev–Trinajstić information content (AvgIpc) is 3.14. The van der Waals surface area contributed by atoms with Gasteiger partial charge in [-0.05, 0) is 36.8 Å². The number of amides is 2. The maximum atomic E-state index is 12.9. The minimum Gasteiger partial charge on any atom is -0.490 e. The van der Waals surface area contributed by atoms with Gasteiger partial charge in [0.2, 0.25) is 11.6 Å². The molecule has 1 fully saturated rings. The van der Waals surface area contributed by atoms with Crippen molar-refractivity contribution in [2.45, 2.75) is 6.92 Å². The number of ether oxygens (including phenoxy) is 2. The van der Waals surface area contributed by atoms with Crippen molar-refractivity contribution in [3.63, 3.8) is 0 Å². The van der Waals surface area contributed by atoms with Crippen molar-refractivity contribution in [2.24, 2.45) is 0 Å². The van der Waals surface area contributed by atoms with Crippen LogP contribution >= 0.6 is 0 Å². The maximum absolute atomic E-state index is 12.9. The molecule has 1 aliphatic rings. The number of nitro groups is 2. The summed E-state index contributed by atoms with van der Waals surface area (Å²) in [5, 5.41) is 23.8. The highest BCUT2D eigenvalue weighted by atomic mass is 16.6. The zero-order valence-corrected chi connectivity index (χ0v) is 18.6. The van der Waals surface area contributed by atoms with Gasteiger partial charge in [0.05, 0.1) is 22.1 Å². The summed E-state index contributed by atoms with van der Waals surface area (Å²) in [6, 6.07) is 13.2. The number of nitrogens with one attached hydrogen (secondary N) is 1. The van der Waals surface area contributed by atoms with Crippen LogP contribution in [-0.2, 0) is 9.59 Å². The number of carbonyl (C=O) groups excluding carboxylic acids is 2. The van der Waals surface area contributed by atoms with Gasteiger partial charge in [-0.1, -0.05) is 18.2 Å². The smallest absolute Gasteiger partial charge is 0.316 e. The number of hydrogen-bond donors (Lipinski definition) is 1. The van der Waals surface area contributed by atoms with Gasteiger partial charge in [-0.25, -0.2) is 9.99 Å². The number of anilines is 1. The molecule has 1 saturated heterocycles. The van der Waals surface area contributed by atoms with Crippen LogP contribution in [0.2, 0.25) is 0 Å². The summed E-state index contributed by atoms with van der Waals surface area (Å²) in [5.74, 6) is -1.80. The van der Waals surface area contributed by atoms with Crippen molar-refractivity contribution in [2.75, 3.05) is 11.6 Å². The van der Waals surface area contributed by atoms with Crippen molar-refractivity contribution in [1.29, 1.82) is 0 Å². The lowest BCUT2D eigenvalue weighted by molar-refractivity contribution is -0.385. The molecular weight excluding hydrogens is 474 g/mol. The van der Waals surface area contributed by atoms with E-state index in [1.54, 1.807) is 37.3 Å². The van der Waals surface area contributed by atoms with Gasteiger partial charge in [-0.3, -0.25) is 35.2 Å². The van der Waals surface area contributed by atoms with Crippen LogP contribution in [0.4, 0.5) is 17.1 Å².